The lowest BCUT2D eigenvalue weighted by atomic mass is 9.37. The molecular weight excluding hydrogens is 747 g/mol. The molecule has 7 saturated carbocycles. The van der Waals surface area contributed by atoms with Crippen LogP contribution in [0.2, 0.25) is 0 Å². The zero-order valence-electron chi connectivity index (χ0n) is 36.6. The first kappa shape index (κ1) is 36.1. The van der Waals surface area contributed by atoms with Gasteiger partial charge in [0.15, 0.2) is 0 Å². The summed E-state index contributed by atoms with van der Waals surface area (Å²) in [7, 11) is 0. The zero-order valence-corrected chi connectivity index (χ0v) is 36.6. The molecule has 3 unspecified atom stereocenters. The normalized spacial score (nSPS) is 32.6. The van der Waals surface area contributed by atoms with Crippen LogP contribution in [0.3, 0.4) is 0 Å². The Kier molecular flexibility index (Phi) is 7.35. The van der Waals surface area contributed by atoms with Crippen LogP contribution < -0.4 is 4.90 Å². The van der Waals surface area contributed by atoms with E-state index < -0.39 is 0 Å². The minimum atomic E-state index is 0.0833. The minimum absolute atomic E-state index is 0.0833. The Bertz CT molecular complexity index is 2970. The van der Waals surface area contributed by atoms with Gasteiger partial charge in [0, 0.05) is 27.9 Å². The highest BCUT2D eigenvalue weighted by atomic mass is 15.1. The van der Waals surface area contributed by atoms with E-state index in [2.05, 4.69) is 177 Å². The third-order valence-electron chi connectivity index (χ3n) is 19.1. The molecule has 9 aliphatic carbocycles. The lowest BCUT2D eigenvalue weighted by Gasteiger charge is -2.66. The predicted molar refractivity (Wildman–Crippen MR) is 257 cm³/mol. The standard InChI is InChI=1S/C61H57N/c1-37-27-43-31-44(38(43)2)36-60(37)55-17-8-6-14-51(55)53-32-47(23-25-56(53)60)62(46-21-19-42(20-22-46)50-16-10-12-41-11-4-5-13-49(41)50)48-24-26-58-54(33-48)52-15-7-9-18-57(52)61(58)45-29-39-28-40(30-45)35-59(61,3)34-39/h4-26,32-33,37-40,43-45H,27-31,34-36H2,1-3H3/t37-,38+,39-,40?,43-,44?,45?,59+,60+,61+/m1/s1. The van der Waals surface area contributed by atoms with Crippen molar-refractivity contribution >= 4 is 27.8 Å². The molecule has 2 spiro atoms. The van der Waals surface area contributed by atoms with Crippen molar-refractivity contribution in [3.8, 4) is 33.4 Å². The van der Waals surface area contributed by atoms with Crippen molar-refractivity contribution in [3.63, 3.8) is 0 Å². The van der Waals surface area contributed by atoms with Crippen LogP contribution in [0, 0.1) is 46.8 Å². The Morgan fingerprint density at radius 3 is 1.79 bits per heavy atom. The van der Waals surface area contributed by atoms with Crippen molar-refractivity contribution in [1.29, 1.82) is 0 Å². The van der Waals surface area contributed by atoms with Crippen LogP contribution in [0.15, 0.2) is 152 Å². The van der Waals surface area contributed by atoms with Crippen molar-refractivity contribution in [2.24, 2.45) is 46.8 Å². The molecule has 7 fully saturated rings. The van der Waals surface area contributed by atoms with Gasteiger partial charge in [-0.15, -0.1) is 0 Å². The van der Waals surface area contributed by atoms with E-state index in [-0.39, 0.29) is 10.8 Å². The van der Waals surface area contributed by atoms with Crippen LogP contribution in [-0.2, 0) is 10.8 Å². The van der Waals surface area contributed by atoms with Gasteiger partial charge in [-0.2, -0.15) is 0 Å². The van der Waals surface area contributed by atoms with Crippen LogP contribution in [-0.4, -0.2) is 0 Å². The molecule has 0 amide bonds. The van der Waals surface area contributed by atoms with Gasteiger partial charge in [-0.05, 0) is 201 Å². The van der Waals surface area contributed by atoms with Gasteiger partial charge in [-0.1, -0.05) is 136 Å². The number of fused-ring (bicyclic) bond motifs is 8. The lowest BCUT2D eigenvalue weighted by Crippen LogP contribution is -2.61. The third-order valence-corrected chi connectivity index (χ3v) is 19.1. The number of nitrogens with zero attached hydrogens (tertiary/aromatic N) is 1. The summed E-state index contributed by atoms with van der Waals surface area (Å²) >= 11 is 0. The largest absolute Gasteiger partial charge is 0.310 e. The van der Waals surface area contributed by atoms with Crippen LogP contribution >= 0.6 is 0 Å². The highest BCUT2D eigenvalue weighted by Gasteiger charge is 2.67. The van der Waals surface area contributed by atoms with E-state index in [0.717, 1.165) is 35.5 Å². The number of benzene rings is 7. The summed E-state index contributed by atoms with van der Waals surface area (Å²) in [5.41, 5.74) is 19.0. The van der Waals surface area contributed by atoms with Crippen LogP contribution in [0.4, 0.5) is 17.1 Å². The molecule has 1 nitrogen and oxygen atoms in total. The molecule has 1 heteroatoms. The Balaban J connectivity index is 0.954. The lowest BCUT2D eigenvalue weighted by molar-refractivity contribution is -0.102. The molecule has 16 rings (SSSR count). The first-order valence-electron chi connectivity index (χ1n) is 24.2. The summed E-state index contributed by atoms with van der Waals surface area (Å²) in [4.78, 5) is 2.59. The number of rotatable bonds is 4. The summed E-state index contributed by atoms with van der Waals surface area (Å²) in [5.74, 6) is 5.69. The maximum atomic E-state index is 2.69. The third kappa shape index (κ3) is 4.55. The van der Waals surface area contributed by atoms with Gasteiger partial charge in [-0.25, -0.2) is 0 Å². The summed E-state index contributed by atoms with van der Waals surface area (Å²) in [6.07, 6.45) is 11.0. The summed E-state index contributed by atoms with van der Waals surface area (Å²) in [5, 5.41) is 2.58. The first-order valence-corrected chi connectivity index (χ1v) is 24.2. The smallest absolute Gasteiger partial charge is 0.0468 e. The molecule has 0 saturated heterocycles. The van der Waals surface area contributed by atoms with Gasteiger partial charge in [0.25, 0.3) is 0 Å². The van der Waals surface area contributed by atoms with Gasteiger partial charge < -0.3 is 4.90 Å². The molecule has 62 heavy (non-hydrogen) atoms. The molecule has 10 atom stereocenters. The second kappa shape index (κ2) is 12.6. The Labute approximate surface area is 368 Å². The molecule has 0 radical (unpaired) electrons. The molecular formula is C61H57N. The zero-order chi connectivity index (χ0) is 41.1. The van der Waals surface area contributed by atoms with E-state index in [1.54, 1.807) is 22.3 Å². The second-order valence-corrected chi connectivity index (χ2v) is 21.8. The highest BCUT2D eigenvalue weighted by Crippen LogP contribution is 2.74. The van der Waals surface area contributed by atoms with Gasteiger partial charge in [-0.3, -0.25) is 0 Å². The van der Waals surface area contributed by atoms with Gasteiger partial charge >= 0.3 is 0 Å². The average molecular weight is 804 g/mol. The molecule has 6 bridgehead atoms. The van der Waals surface area contributed by atoms with Gasteiger partial charge in [0.1, 0.15) is 0 Å². The Morgan fingerprint density at radius 1 is 0.468 bits per heavy atom. The molecule has 9 aliphatic rings. The maximum absolute atomic E-state index is 2.69. The monoisotopic (exact) mass is 803 g/mol. The Hall–Kier alpha value is -5.40. The fraction of sp³-hybridized carbons (Fsp3) is 0.344. The average Bonchev–Trinajstić information content (AvgIpc) is 3.64. The van der Waals surface area contributed by atoms with Gasteiger partial charge in [0.2, 0.25) is 0 Å². The molecule has 0 N–H and O–H groups in total. The fourth-order valence-electron chi connectivity index (χ4n) is 16.8. The quantitative estimate of drug-likeness (QED) is 0.171. The fourth-order valence-corrected chi connectivity index (χ4v) is 16.8. The van der Waals surface area contributed by atoms with Crippen molar-refractivity contribution in [1.82, 2.24) is 0 Å². The second-order valence-electron chi connectivity index (χ2n) is 21.8. The summed E-state index contributed by atoms with van der Waals surface area (Å²) in [6, 6.07) is 59.4. The van der Waals surface area contributed by atoms with E-state index in [4.69, 9.17) is 0 Å². The van der Waals surface area contributed by atoms with Crippen LogP contribution in [0.1, 0.15) is 94.4 Å². The maximum Gasteiger partial charge on any atom is 0.0468 e. The van der Waals surface area contributed by atoms with E-state index >= 15 is 0 Å². The van der Waals surface area contributed by atoms with Crippen molar-refractivity contribution < 1.29 is 0 Å². The van der Waals surface area contributed by atoms with E-state index in [9.17, 15) is 0 Å². The highest BCUT2D eigenvalue weighted by molar-refractivity contribution is 5.97. The van der Waals surface area contributed by atoms with Crippen molar-refractivity contribution in [2.45, 2.75) is 83.0 Å². The van der Waals surface area contributed by atoms with E-state index in [0.29, 0.717) is 11.3 Å². The van der Waals surface area contributed by atoms with Crippen LogP contribution in [0.5, 0.6) is 0 Å². The van der Waals surface area contributed by atoms with Crippen LogP contribution in [0.25, 0.3) is 44.2 Å². The summed E-state index contributed by atoms with van der Waals surface area (Å²) < 4.78 is 0. The topological polar surface area (TPSA) is 3.24 Å². The predicted octanol–water partition coefficient (Wildman–Crippen LogP) is 16.1. The van der Waals surface area contributed by atoms with Gasteiger partial charge in [0.05, 0.1) is 0 Å². The molecule has 7 aromatic carbocycles. The first-order chi connectivity index (χ1) is 30.3. The number of hydrogen-bond acceptors (Lipinski definition) is 1. The molecule has 0 heterocycles. The SMILES string of the molecule is C[C@@H]1C2C[C@H]1C[C@@H](C)[C@@]1(C2)c2ccccc2-c2cc(N(c3ccc(-c4cccc5ccccc45)cc3)c3ccc4c(c3)-c3ccccc3[C@@]43C4CC5C[C@H](C4)C[C@@]3(C)C5)ccc21. The molecule has 0 aromatic heterocycles. The molecule has 7 aromatic rings. The molecule has 306 valence electrons. The van der Waals surface area contributed by atoms with E-state index in [1.807, 2.05) is 0 Å². The molecule has 0 aliphatic heterocycles. The number of hydrogen-bond donors (Lipinski definition) is 0. The Morgan fingerprint density at radius 2 is 1.05 bits per heavy atom. The van der Waals surface area contributed by atoms with E-state index in [1.165, 1.54) is 113 Å². The number of anilines is 3. The van der Waals surface area contributed by atoms with Crippen molar-refractivity contribution in [3.05, 3.63) is 174 Å². The van der Waals surface area contributed by atoms with Crippen molar-refractivity contribution in [2.75, 3.05) is 4.90 Å². The minimum Gasteiger partial charge on any atom is -0.310 e. The summed E-state index contributed by atoms with van der Waals surface area (Å²) in [6.45, 7) is 7.81.